The predicted molar refractivity (Wildman–Crippen MR) is 64.0 cm³/mol. The van der Waals surface area contributed by atoms with Crippen LogP contribution >= 0.6 is 22.6 Å². The monoisotopic (exact) mass is 299 g/mol. The Morgan fingerprint density at radius 1 is 1.29 bits per heavy atom. The normalized spacial score (nSPS) is 10.4. The molecule has 0 radical (unpaired) electrons. The van der Waals surface area contributed by atoms with Crippen LogP contribution in [0.4, 0.5) is 0 Å². The summed E-state index contributed by atoms with van der Waals surface area (Å²) < 4.78 is 6.27. The summed E-state index contributed by atoms with van der Waals surface area (Å²) in [6.07, 6.45) is 0.900. The number of halogens is 1. The van der Waals surface area contributed by atoms with E-state index in [1.165, 1.54) is 0 Å². The van der Waals surface area contributed by atoms with Gasteiger partial charge in [0, 0.05) is 28.2 Å². The van der Waals surface area contributed by atoms with Crippen LogP contribution in [0.3, 0.4) is 0 Å². The van der Waals surface area contributed by atoms with E-state index in [-0.39, 0.29) is 0 Å². The minimum Gasteiger partial charge on any atom is -0.432 e. The van der Waals surface area contributed by atoms with Crippen LogP contribution in [0.5, 0.6) is 0 Å². The van der Waals surface area contributed by atoms with Crippen LogP contribution < -0.4 is 0 Å². The first kappa shape index (κ1) is 9.71. The van der Waals surface area contributed by atoms with Gasteiger partial charge in [0.1, 0.15) is 0 Å². The molecule has 0 atom stereocenters. The molecular formula is C11H10INO. The Morgan fingerprint density at radius 3 is 2.64 bits per heavy atom. The van der Waals surface area contributed by atoms with Gasteiger partial charge in [-0.2, -0.15) is 0 Å². The molecule has 0 bridgehead atoms. The van der Waals surface area contributed by atoms with Crippen molar-refractivity contribution in [1.82, 2.24) is 4.98 Å². The minimum atomic E-state index is 0.707. The first-order valence-corrected chi connectivity index (χ1v) is 5.59. The highest BCUT2D eigenvalue weighted by Gasteiger charge is 2.11. The smallest absolute Gasteiger partial charge is 0.257 e. The summed E-state index contributed by atoms with van der Waals surface area (Å²) in [6.45, 7) is 2.08. The maximum Gasteiger partial charge on any atom is 0.257 e. The van der Waals surface area contributed by atoms with E-state index in [0.717, 1.165) is 23.4 Å². The number of rotatable bonds is 2. The molecule has 0 N–H and O–H groups in total. The van der Waals surface area contributed by atoms with Crippen LogP contribution in [0, 0.1) is 3.90 Å². The Balaban J connectivity index is 2.51. The average Bonchev–Trinajstić information content (AvgIpc) is 2.61. The molecule has 0 amide bonds. The largest absolute Gasteiger partial charge is 0.432 e. The van der Waals surface area contributed by atoms with Gasteiger partial charge in [0.15, 0.2) is 5.76 Å². The molecule has 0 saturated heterocycles. The summed E-state index contributed by atoms with van der Waals surface area (Å²) in [7, 11) is 0. The fourth-order valence-corrected chi connectivity index (χ4v) is 1.89. The molecule has 0 unspecified atom stereocenters. The summed E-state index contributed by atoms with van der Waals surface area (Å²) >= 11 is 2.10. The second-order valence-electron chi connectivity index (χ2n) is 2.96. The molecule has 14 heavy (non-hydrogen) atoms. The highest BCUT2D eigenvalue weighted by Crippen LogP contribution is 2.25. The van der Waals surface area contributed by atoms with Crippen LogP contribution in [0.1, 0.15) is 12.6 Å². The lowest BCUT2D eigenvalue weighted by Crippen LogP contribution is -1.83. The Bertz CT molecular complexity index is 422. The molecule has 0 saturated carbocycles. The van der Waals surface area contributed by atoms with Crippen molar-refractivity contribution in [1.29, 1.82) is 0 Å². The molecule has 0 aliphatic heterocycles. The first-order valence-electron chi connectivity index (χ1n) is 4.52. The van der Waals surface area contributed by atoms with E-state index in [9.17, 15) is 0 Å². The minimum absolute atomic E-state index is 0.707. The fourth-order valence-electron chi connectivity index (χ4n) is 1.38. The Hall–Kier alpha value is -0.840. The fraction of sp³-hybridized carbons (Fsp3) is 0.182. The van der Waals surface area contributed by atoms with Crippen molar-refractivity contribution in [2.75, 3.05) is 0 Å². The van der Waals surface area contributed by atoms with Gasteiger partial charge in [-0.25, -0.2) is 4.98 Å². The SMILES string of the molecule is CCc1nc(I)oc1-c1ccccc1. The van der Waals surface area contributed by atoms with Gasteiger partial charge < -0.3 is 4.42 Å². The van der Waals surface area contributed by atoms with Crippen LogP contribution in [-0.2, 0) is 6.42 Å². The van der Waals surface area contributed by atoms with Gasteiger partial charge in [-0.15, -0.1) is 0 Å². The van der Waals surface area contributed by atoms with Crippen molar-refractivity contribution in [2.24, 2.45) is 0 Å². The molecule has 2 nitrogen and oxygen atoms in total. The van der Waals surface area contributed by atoms with Gasteiger partial charge in [0.25, 0.3) is 3.90 Å². The van der Waals surface area contributed by atoms with Gasteiger partial charge in [-0.1, -0.05) is 37.3 Å². The third-order valence-electron chi connectivity index (χ3n) is 2.04. The topological polar surface area (TPSA) is 26.0 Å². The van der Waals surface area contributed by atoms with Crippen molar-refractivity contribution in [2.45, 2.75) is 13.3 Å². The zero-order valence-electron chi connectivity index (χ0n) is 7.83. The van der Waals surface area contributed by atoms with Gasteiger partial charge in [-0.3, -0.25) is 0 Å². The van der Waals surface area contributed by atoms with Crippen molar-refractivity contribution in [3.05, 3.63) is 39.9 Å². The molecule has 1 heterocycles. The van der Waals surface area contributed by atoms with E-state index in [1.54, 1.807) is 0 Å². The molecule has 3 heteroatoms. The summed E-state index contributed by atoms with van der Waals surface area (Å²) in [6, 6.07) is 10.1. The second-order valence-corrected chi connectivity index (χ2v) is 3.89. The number of hydrogen-bond donors (Lipinski definition) is 0. The van der Waals surface area contributed by atoms with E-state index in [2.05, 4.69) is 34.5 Å². The van der Waals surface area contributed by atoms with Crippen LogP contribution in [0.25, 0.3) is 11.3 Å². The summed E-state index contributed by atoms with van der Waals surface area (Å²) in [5, 5.41) is 0. The van der Waals surface area contributed by atoms with Gasteiger partial charge in [0.2, 0.25) is 0 Å². The lowest BCUT2D eigenvalue weighted by Gasteiger charge is -1.97. The number of nitrogens with zero attached hydrogens (tertiary/aromatic N) is 1. The van der Waals surface area contributed by atoms with E-state index in [4.69, 9.17) is 4.42 Å². The van der Waals surface area contributed by atoms with Gasteiger partial charge >= 0.3 is 0 Å². The molecule has 72 valence electrons. The van der Waals surface area contributed by atoms with E-state index in [1.807, 2.05) is 30.3 Å². The first-order chi connectivity index (χ1) is 6.81. The molecular weight excluding hydrogens is 289 g/mol. The maximum absolute atomic E-state index is 5.57. The average molecular weight is 299 g/mol. The highest BCUT2D eigenvalue weighted by atomic mass is 127. The molecule has 2 rings (SSSR count). The van der Waals surface area contributed by atoms with Crippen molar-refractivity contribution in [3.8, 4) is 11.3 Å². The Morgan fingerprint density at radius 2 is 2.00 bits per heavy atom. The van der Waals surface area contributed by atoms with Gasteiger partial charge in [-0.05, 0) is 6.42 Å². The van der Waals surface area contributed by atoms with E-state index in [0.29, 0.717) is 3.90 Å². The zero-order valence-corrected chi connectivity index (χ0v) is 9.98. The molecule has 1 aromatic carbocycles. The zero-order chi connectivity index (χ0) is 9.97. The Labute approximate surface area is 96.5 Å². The summed E-state index contributed by atoms with van der Waals surface area (Å²) in [5.74, 6) is 0.900. The van der Waals surface area contributed by atoms with Crippen molar-refractivity contribution < 1.29 is 4.42 Å². The van der Waals surface area contributed by atoms with Crippen LogP contribution in [0.2, 0.25) is 0 Å². The molecule has 0 fully saturated rings. The standard InChI is InChI=1S/C11H10INO/c1-2-9-10(14-11(12)13-9)8-6-4-3-5-7-8/h3-7H,2H2,1H3. The number of hydrogen-bond acceptors (Lipinski definition) is 2. The number of aromatic nitrogens is 1. The lowest BCUT2D eigenvalue weighted by molar-refractivity contribution is 0.538. The lowest BCUT2D eigenvalue weighted by atomic mass is 10.1. The van der Waals surface area contributed by atoms with Crippen molar-refractivity contribution in [3.63, 3.8) is 0 Å². The van der Waals surface area contributed by atoms with E-state index >= 15 is 0 Å². The molecule has 0 aliphatic rings. The molecule has 2 aromatic rings. The molecule has 0 aliphatic carbocycles. The third-order valence-corrected chi connectivity index (χ3v) is 2.50. The predicted octanol–water partition coefficient (Wildman–Crippen LogP) is 3.51. The van der Waals surface area contributed by atoms with E-state index < -0.39 is 0 Å². The molecule has 0 spiro atoms. The number of oxazole rings is 1. The number of aryl methyl sites for hydroxylation is 1. The molecule has 1 aromatic heterocycles. The summed E-state index contributed by atoms with van der Waals surface area (Å²) in [4.78, 5) is 4.33. The van der Waals surface area contributed by atoms with Crippen LogP contribution in [-0.4, -0.2) is 4.98 Å². The number of benzene rings is 1. The summed E-state index contributed by atoms with van der Waals surface area (Å²) in [5.41, 5.74) is 2.13. The quantitative estimate of drug-likeness (QED) is 0.793. The van der Waals surface area contributed by atoms with Crippen molar-refractivity contribution >= 4 is 22.6 Å². The van der Waals surface area contributed by atoms with Crippen LogP contribution in [0.15, 0.2) is 34.7 Å². The van der Waals surface area contributed by atoms with Gasteiger partial charge in [0.05, 0.1) is 5.69 Å². The third kappa shape index (κ3) is 1.82. The highest BCUT2D eigenvalue weighted by molar-refractivity contribution is 14.1. The second kappa shape index (κ2) is 4.13. The maximum atomic E-state index is 5.57. The Kier molecular flexibility index (Phi) is 2.86.